The molecule has 3 aromatic heterocycles. The zero-order chi connectivity index (χ0) is 23.1. The number of nitrogens with zero attached hydrogens (tertiary/aromatic N) is 5. The molecular weight excluding hydrogens is 426 g/mol. The lowest BCUT2D eigenvalue weighted by Crippen LogP contribution is -2.14. The smallest absolute Gasteiger partial charge is 0.228 e. The Bertz CT molecular complexity index is 1500. The number of fused-ring (bicyclic) bond motifs is 3. The molecule has 6 rings (SSSR count). The molecule has 0 unspecified atom stereocenters. The number of hydrogen-bond acceptors (Lipinski definition) is 5. The van der Waals surface area contributed by atoms with Crippen LogP contribution < -0.4 is 11.1 Å². The minimum absolute atomic E-state index is 0.0923. The van der Waals surface area contributed by atoms with Crippen molar-refractivity contribution in [1.29, 1.82) is 0 Å². The van der Waals surface area contributed by atoms with Gasteiger partial charge in [-0.1, -0.05) is 18.2 Å². The lowest BCUT2D eigenvalue weighted by atomic mass is 10.2. The average Bonchev–Trinajstić information content (AvgIpc) is 3.57. The van der Waals surface area contributed by atoms with Crippen molar-refractivity contribution in [2.45, 2.75) is 25.7 Å². The van der Waals surface area contributed by atoms with E-state index in [1.807, 2.05) is 60.8 Å². The van der Waals surface area contributed by atoms with Gasteiger partial charge >= 0.3 is 0 Å². The van der Waals surface area contributed by atoms with Gasteiger partial charge in [0.05, 0.1) is 23.8 Å². The SMILES string of the molecule is Nc1ncnc2c3c(n(-c4ccc(NC(=O)Cc5cnn(-c6ccccc6)c5)cc4)c12)CCC3. The number of nitrogen functional groups attached to an aromatic ring is 1. The Labute approximate surface area is 196 Å². The van der Waals surface area contributed by atoms with Crippen LogP contribution in [-0.2, 0) is 24.1 Å². The van der Waals surface area contributed by atoms with Crippen molar-refractivity contribution < 1.29 is 4.79 Å². The standard InChI is InChI=1S/C26H23N7O/c27-26-25-24(28-16-29-26)21-7-4-8-22(21)33(25)20-11-9-18(10-12-20)31-23(34)13-17-14-30-32(15-17)19-5-2-1-3-6-19/h1-3,5-6,9-12,14-16H,4,7-8,13H2,(H,31,34)(H2,27,28,29). The first kappa shape index (κ1) is 20.2. The van der Waals surface area contributed by atoms with Gasteiger partial charge in [-0.3, -0.25) is 4.79 Å². The third-order valence-corrected chi connectivity index (χ3v) is 6.25. The van der Waals surface area contributed by atoms with E-state index in [1.54, 1.807) is 10.9 Å². The molecule has 0 bridgehead atoms. The third kappa shape index (κ3) is 3.49. The lowest BCUT2D eigenvalue weighted by molar-refractivity contribution is -0.115. The van der Waals surface area contributed by atoms with Gasteiger partial charge in [0, 0.05) is 23.3 Å². The van der Waals surface area contributed by atoms with Crippen molar-refractivity contribution in [3.8, 4) is 11.4 Å². The molecule has 1 aliphatic rings. The van der Waals surface area contributed by atoms with E-state index in [0.29, 0.717) is 5.82 Å². The van der Waals surface area contributed by atoms with E-state index in [0.717, 1.165) is 52.9 Å². The molecule has 0 saturated carbocycles. The number of nitrogens with one attached hydrogen (secondary N) is 1. The molecule has 3 heterocycles. The van der Waals surface area contributed by atoms with Crippen LogP contribution >= 0.6 is 0 Å². The number of anilines is 2. The quantitative estimate of drug-likeness (QED) is 0.424. The summed E-state index contributed by atoms with van der Waals surface area (Å²) in [5, 5.41) is 7.34. The number of aryl methyl sites for hydroxylation is 1. The van der Waals surface area contributed by atoms with E-state index in [-0.39, 0.29) is 12.3 Å². The first-order chi connectivity index (χ1) is 16.7. The summed E-state index contributed by atoms with van der Waals surface area (Å²) in [7, 11) is 0. The van der Waals surface area contributed by atoms with Gasteiger partial charge in [-0.15, -0.1) is 0 Å². The Hall–Kier alpha value is -4.46. The molecule has 0 saturated heterocycles. The van der Waals surface area contributed by atoms with Crippen molar-refractivity contribution >= 4 is 28.4 Å². The molecule has 8 heteroatoms. The molecule has 3 N–H and O–H groups in total. The molecule has 0 spiro atoms. The van der Waals surface area contributed by atoms with Crippen LogP contribution in [0.2, 0.25) is 0 Å². The number of para-hydroxylation sites is 1. The zero-order valence-electron chi connectivity index (χ0n) is 18.5. The molecule has 5 aromatic rings. The fourth-order valence-corrected chi connectivity index (χ4v) is 4.74. The van der Waals surface area contributed by atoms with Gasteiger partial charge < -0.3 is 15.6 Å². The van der Waals surface area contributed by atoms with E-state index in [1.165, 1.54) is 17.6 Å². The predicted octanol–water partition coefficient (Wildman–Crippen LogP) is 3.86. The van der Waals surface area contributed by atoms with Crippen molar-refractivity contribution in [1.82, 2.24) is 24.3 Å². The number of hydrogen-bond donors (Lipinski definition) is 2. The highest BCUT2D eigenvalue weighted by atomic mass is 16.1. The largest absolute Gasteiger partial charge is 0.382 e. The minimum Gasteiger partial charge on any atom is -0.382 e. The van der Waals surface area contributed by atoms with Crippen molar-refractivity contribution in [2.75, 3.05) is 11.1 Å². The Kier molecular flexibility index (Phi) is 4.83. The summed E-state index contributed by atoms with van der Waals surface area (Å²) in [6.45, 7) is 0. The minimum atomic E-state index is -0.0923. The number of rotatable bonds is 5. The van der Waals surface area contributed by atoms with Crippen LogP contribution in [0, 0.1) is 0 Å². The van der Waals surface area contributed by atoms with Crippen LogP contribution in [-0.4, -0.2) is 30.2 Å². The van der Waals surface area contributed by atoms with Crippen LogP contribution in [0.4, 0.5) is 11.5 Å². The highest BCUT2D eigenvalue weighted by Gasteiger charge is 2.25. The summed E-state index contributed by atoms with van der Waals surface area (Å²) < 4.78 is 3.93. The van der Waals surface area contributed by atoms with Gasteiger partial charge in [0.1, 0.15) is 11.8 Å². The Morgan fingerprint density at radius 1 is 1.00 bits per heavy atom. The first-order valence-corrected chi connectivity index (χ1v) is 11.3. The summed E-state index contributed by atoms with van der Waals surface area (Å²) in [5.41, 5.74) is 14.1. The fourth-order valence-electron chi connectivity index (χ4n) is 4.74. The van der Waals surface area contributed by atoms with Crippen LogP contribution in [0.5, 0.6) is 0 Å². The van der Waals surface area contributed by atoms with Gasteiger partial charge in [0.15, 0.2) is 5.82 Å². The van der Waals surface area contributed by atoms with Crippen molar-refractivity contribution in [3.63, 3.8) is 0 Å². The number of carbonyl (C=O) groups is 1. The van der Waals surface area contributed by atoms with Gasteiger partial charge in [-0.25, -0.2) is 14.6 Å². The highest BCUT2D eigenvalue weighted by molar-refractivity contribution is 5.93. The second-order valence-electron chi connectivity index (χ2n) is 8.47. The number of benzene rings is 2. The van der Waals surface area contributed by atoms with Crippen LogP contribution in [0.3, 0.4) is 0 Å². The summed E-state index contributed by atoms with van der Waals surface area (Å²) >= 11 is 0. The van der Waals surface area contributed by atoms with Crippen LogP contribution in [0.15, 0.2) is 73.3 Å². The molecular formula is C26H23N7O. The van der Waals surface area contributed by atoms with E-state index >= 15 is 0 Å². The molecule has 8 nitrogen and oxygen atoms in total. The molecule has 2 aromatic carbocycles. The molecule has 0 aliphatic heterocycles. The predicted molar refractivity (Wildman–Crippen MR) is 131 cm³/mol. The van der Waals surface area contributed by atoms with Crippen LogP contribution in [0.25, 0.3) is 22.4 Å². The second kappa shape index (κ2) is 8.15. The van der Waals surface area contributed by atoms with Gasteiger partial charge in [-0.05, 0) is 66.8 Å². The molecule has 0 atom stereocenters. The number of nitrogens with two attached hydrogens (primary N) is 1. The Morgan fingerprint density at radius 3 is 2.65 bits per heavy atom. The second-order valence-corrected chi connectivity index (χ2v) is 8.47. The summed E-state index contributed by atoms with van der Waals surface area (Å²) in [4.78, 5) is 21.3. The van der Waals surface area contributed by atoms with Gasteiger partial charge in [-0.2, -0.15) is 5.10 Å². The monoisotopic (exact) mass is 449 g/mol. The van der Waals surface area contributed by atoms with Crippen LogP contribution in [0.1, 0.15) is 23.2 Å². The number of aromatic nitrogens is 5. The molecule has 1 amide bonds. The summed E-state index contributed by atoms with van der Waals surface area (Å²) in [6.07, 6.45) is 8.48. The molecule has 34 heavy (non-hydrogen) atoms. The zero-order valence-corrected chi connectivity index (χ0v) is 18.5. The maximum atomic E-state index is 12.6. The van der Waals surface area contributed by atoms with Crippen molar-refractivity contribution in [3.05, 3.63) is 90.1 Å². The van der Waals surface area contributed by atoms with E-state index in [9.17, 15) is 4.79 Å². The van der Waals surface area contributed by atoms with E-state index in [2.05, 4.69) is 25.0 Å². The number of carbonyl (C=O) groups excluding carboxylic acids is 1. The molecule has 0 fully saturated rings. The molecule has 1 aliphatic carbocycles. The maximum absolute atomic E-state index is 12.6. The fraction of sp³-hybridized carbons (Fsp3) is 0.154. The van der Waals surface area contributed by atoms with Gasteiger partial charge in [0.2, 0.25) is 5.91 Å². The molecule has 168 valence electrons. The topological polar surface area (TPSA) is 104 Å². The highest BCUT2D eigenvalue weighted by Crippen LogP contribution is 2.36. The Balaban J connectivity index is 1.20. The lowest BCUT2D eigenvalue weighted by Gasteiger charge is -2.12. The van der Waals surface area contributed by atoms with Gasteiger partial charge in [0.25, 0.3) is 0 Å². The molecule has 0 radical (unpaired) electrons. The van der Waals surface area contributed by atoms with E-state index < -0.39 is 0 Å². The average molecular weight is 450 g/mol. The summed E-state index contributed by atoms with van der Waals surface area (Å²) in [6, 6.07) is 17.6. The summed E-state index contributed by atoms with van der Waals surface area (Å²) in [5.74, 6) is 0.387. The van der Waals surface area contributed by atoms with E-state index in [4.69, 9.17) is 5.73 Å². The third-order valence-electron chi connectivity index (χ3n) is 6.25. The Morgan fingerprint density at radius 2 is 1.82 bits per heavy atom. The number of amides is 1. The maximum Gasteiger partial charge on any atom is 0.228 e. The van der Waals surface area contributed by atoms with Crippen molar-refractivity contribution in [2.24, 2.45) is 0 Å². The first-order valence-electron chi connectivity index (χ1n) is 11.3. The normalized spacial score (nSPS) is 12.7.